The minimum absolute atomic E-state index is 0.0551. The molecule has 0 saturated heterocycles. The van der Waals surface area contributed by atoms with Crippen LogP contribution in [0.4, 0.5) is 13.2 Å². The zero-order chi connectivity index (χ0) is 13.2. The number of aromatic carboxylic acids is 1. The van der Waals surface area contributed by atoms with Crippen molar-refractivity contribution in [2.24, 2.45) is 0 Å². The van der Waals surface area contributed by atoms with E-state index in [2.05, 4.69) is 14.5 Å². The van der Waals surface area contributed by atoms with Gasteiger partial charge in [0.25, 0.3) is 0 Å². The fourth-order valence-electron chi connectivity index (χ4n) is 1.16. The fourth-order valence-corrected chi connectivity index (χ4v) is 1.16. The minimum Gasteiger partial charge on any atom is -0.480 e. The van der Waals surface area contributed by atoms with E-state index in [1.807, 2.05) is 0 Å². The first-order valence-electron chi connectivity index (χ1n) is 4.29. The summed E-state index contributed by atoms with van der Waals surface area (Å²) in [5.41, 5.74) is -0.814. The Kier molecular flexibility index (Phi) is 3.45. The number of carboxylic acid groups (broad SMARTS) is 1. The van der Waals surface area contributed by atoms with E-state index in [0.29, 0.717) is 0 Å². The molecular formula is C9H8F3NO4. The lowest BCUT2D eigenvalue weighted by Crippen LogP contribution is -2.20. The number of methoxy groups -OCH3 is 1. The van der Waals surface area contributed by atoms with E-state index in [1.54, 1.807) is 0 Å². The molecule has 0 atom stereocenters. The van der Waals surface area contributed by atoms with Crippen LogP contribution in [0.15, 0.2) is 6.20 Å². The molecule has 17 heavy (non-hydrogen) atoms. The molecule has 1 aromatic heterocycles. The molecular weight excluding hydrogens is 243 g/mol. The van der Waals surface area contributed by atoms with Crippen molar-refractivity contribution in [3.63, 3.8) is 0 Å². The van der Waals surface area contributed by atoms with Crippen molar-refractivity contribution in [1.82, 2.24) is 4.98 Å². The highest BCUT2D eigenvalue weighted by Gasteiger charge is 2.35. The van der Waals surface area contributed by atoms with Crippen molar-refractivity contribution in [2.45, 2.75) is 13.3 Å². The Morgan fingerprint density at radius 3 is 2.47 bits per heavy atom. The Morgan fingerprint density at radius 2 is 2.06 bits per heavy atom. The lowest BCUT2D eigenvalue weighted by molar-refractivity contribution is -0.275. The van der Waals surface area contributed by atoms with Crippen LogP contribution in [0.1, 0.15) is 15.9 Å². The van der Waals surface area contributed by atoms with Crippen LogP contribution in [0.25, 0.3) is 0 Å². The summed E-state index contributed by atoms with van der Waals surface area (Å²) in [6.45, 7) is 1.25. The second kappa shape index (κ2) is 4.48. The summed E-state index contributed by atoms with van der Waals surface area (Å²) in [5.74, 6) is -2.88. The average molecular weight is 251 g/mol. The molecule has 1 heterocycles. The first-order valence-corrected chi connectivity index (χ1v) is 4.29. The van der Waals surface area contributed by atoms with Gasteiger partial charge in [-0.3, -0.25) is 0 Å². The van der Waals surface area contributed by atoms with Gasteiger partial charge in [0.1, 0.15) is 0 Å². The Labute approximate surface area is 93.8 Å². The number of rotatable bonds is 3. The van der Waals surface area contributed by atoms with Gasteiger partial charge in [-0.2, -0.15) is 0 Å². The van der Waals surface area contributed by atoms with Crippen molar-refractivity contribution in [2.75, 3.05) is 7.11 Å². The topological polar surface area (TPSA) is 68.7 Å². The molecule has 5 nitrogen and oxygen atoms in total. The number of carbonyl (C=O) groups is 1. The Bertz CT molecular complexity index is 445. The third-order valence-electron chi connectivity index (χ3n) is 1.80. The van der Waals surface area contributed by atoms with E-state index >= 15 is 0 Å². The van der Waals surface area contributed by atoms with Crippen molar-refractivity contribution >= 4 is 5.97 Å². The molecule has 0 spiro atoms. The molecule has 0 bridgehead atoms. The van der Waals surface area contributed by atoms with Gasteiger partial charge in [-0.1, -0.05) is 0 Å². The predicted octanol–water partition coefficient (Wildman–Crippen LogP) is 2.00. The van der Waals surface area contributed by atoms with Crippen LogP contribution in [0.5, 0.6) is 11.6 Å². The van der Waals surface area contributed by atoms with Gasteiger partial charge in [-0.05, 0) is 6.92 Å². The van der Waals surface area contributed by atoms with Crippen LogP contribution in [0.3, 0.4) is 0 Å². The predicted molar refractivity (Wildman–Crippen MR) is 49.2 cm³/mol. The van der Waals surface area contributed by atoms with Gasteiger partial charge in [-0.25, -0.2) is 9.78 Å². The van der Waals surface area contributed by atoms with Crippen molar-refractivity contribution < 1.29 is 32.5 Å². The Hall–Kier alpha value is -1.99. The third-order valence-corrected chi connectivity index (χ3v) is 1.80. The quantitative estimate of drug-likeness (QED) is 0.889. The van der Waals surface area contributed by atoms with Gasteiger partial charge in [0.15, 0.2) is 11.3 Å². The fraction of sp³-hybridized carbons (Fsp3) is 0.333. The van der Waals surface area contributed by atoms with Gasteiger partial charge in [-0.15, -0.1) is 13.2 Å². The lowest BCUT2D eigenvalue weighted by Gasteiger charge is -2.14. The van der Waals surface area contributed by atoms with Crippen molar-refractivity contribution in [3.8, 4) is 11.6 Å². The molecule has 0 aromatic carbocycles. The van der Waals surface area contributed by atoms with E-state index in [9.17, 15) is 18.0 Å². The maximum atomic E-state index is 12.1. The van der Waals surface area contributed by atoms with Gasteiger partial charge in [0, 0.05) is 11.8 Å². The molecule has 0 aliphatic heterocycles. The van der Waals surface area contributed by atoms with E-state index < -0.39 is 29.5 Å². The van der Waals surface area contributed by atoms with E-state index in [-0.39, 0.29) is 5.56 Å². The largest absolute Gasteiger partial charge is 0.573 e. The molecule has 0 radical (unpaired) electrons. The summed E-state index contributed by atoms with van der Waals surface area (Å²) in [6, 6.07) is 0. The van der Waals surface area contributed by atoms with Crippen molar-refractivity contribution in [3.05, 3.63) is 17.3 Å². The highest BCUT2D eigenvalue weighted by atomic mass is 19.4. The standard InChI is InChI=1S/C9H8F3NO4/c1-4-3-13-7(16-2)5(8(14)15)6(4)17-9(10,11)12/h3H,1-2H3,(H,14,15). The number of alkyl halides is 3. The van der Waals surface area contributed by atoms with Crippen LogP contribution >= 0.6 is 0 Å². The van der Waals surface area contributed by atoms with E-state index in [0.717, 1.165) is 13.3 Å². The monoisotopic (exact) mass is 251 g/mol. The number of carboxylic acids is 1. The molecule has 0 saturated carbocycles. The highest BCUT2D eigenvalue weighted by Crippen LogP contribution is 2.33. The van der Waals surface area contributed by atoms with Crippen molar-refractivity contribution in [1.29, 1.82) is 0 Å². The Balaban J connectivity index is 3.39. The maximum absolute atomic E-state index is 12.1. The number of ether oxygens (including phenoxy) is 2. The maximum Gasteiger partial charge on any atom is 0.573 e. The first kappa shape index (κ1) is 13.1. The van der Waals surface area contributed by atoms with E-state index in [1.165, 1.54) is 6.92 Å². The van der Waals surface area contributed by atoms with Gasteiger partial charge in [0.2, 0.25) is 5.88 Å². The van der Waals surface area contributed by atoms with E-state index in [4.69, 9.17) is 5.11 Å². The SMILES string of the molecule is COc1ncc(C)c(OC(F)(F)F)c1C(=O)O. The molecule has 8 heteroatoms. The summed E-state index contributed by atoms with van der Waals surface area (Å²) in [5, 5.41) is 8.83. The first-order chi connectivity index (χ1) is 7.76. The van der Waals surface area contributed by atoms with Crippen LogP contribution in [0.2, 0.25) is 0 Å². The summed E-state index contributed by atoms with van der Waals surface area (Å²) in [4.78, 5) is 14.4. The molecule has 0 unspecified atom stereocenters. The summed E-state index contributed by atoms with van der Waals surface area (Å²) >= 11 is 0. The third kappa shape index (κ3) is 2.99. The Morgan fingerprint density at radius 1 is 1.47 bits per heavy atom. The zero-order valence-corrected chi connectivity index (χ0v) is 8.83. The summed E-state index contributed by atoms with van der Waals surface area (Å²) in [7, 11) is 1.10. The summed E-state index contributed by atoms with van der Waals surface area (Å²) < 4.78 is 44.6. The lowest BCUT2D eigenvalue weighted by atomic mass is 10.2. The molecule has 0 amide bonds. The average Bonchev–Trinajstić information content (AvgIpc) is 2.18. The minimum atomic E-state index is -4.98. The second-order valence-corrected chi connectivity index (χ2v) is 3.01. The van der Waals surface area contributed by atoms with Crippen LogP contribution < -0.4 is 9.47 Å². The molecule has 1 rings (SSSR count). The number of pyridine rings is 1. The van der Waals surface area contributed by atoms with Gasteiger partial charge >= 0.3 is 12.3 Å². The van der Waals surface area contributed by atoms with Gasteiger partial charge < -0.3 is 14.6 Å². The molecule has 0 aliphatic rings. The van der Waals surface area contributed by atoms with Crippen LogP contribution in [-0.4, -0.2) is 29.5 Å². The molecule has 94 valence electrons. The molecule has 0 aliphatic carbocycles. The number of aromatic nitrogens is 1. The normalized spacial score (nSPS) is 11.1. The number of aryl methyl sites for hydroxylation is 1. The van der Waals surface area contributed by atoms with Crippen LogP contribution in [0, 0.1) is 6.92 Å². The highest BCUT2D eigenvalue weighted by molar-refractivity contribution is 5.94. The number of nitrogens with zero attached hydrogens (tertiary/aromatic N) is 1. The molecule has 1 N–H and O–H groups in total. The van der Waals surface area contributed by atoms with Crippen LogP contribution in [-0.2, 0) is 0 Å². The number of hydrogen-bond acceptors (Lipinski definition) is 4. The second-order valence-electron chi connectivity index (χ2n) is 3.01. The molecule has 0 fully saturated rings. The summed E-state index contributed by atoms with van der Waals surface area (Å²) in [6.07, 6.45) is -3.95. The van der Waals surface area contributed by atoms with Gasteiger partial charge in [0.05, 0.1) is 7.11 Å². The number of halogens is 3. The number of hydrogen-bond donors (Lipinski definition) is 1. The zero-order valence-electron chi connectivity index (χ0n) is 8.83. The smallest absolute Gasteiger partial charge is 0.480 e. The molecule has 1 aromatic rings.